The summed E-state index contributed by atoms with van der Waals surface area (Å²) < 4.78 is -2.78. The van der Waals surface area contributed by atoms with Crippen LogP contribution < -0.4 is 0 Å². The average Bonchev–Trinajstić information content (AvgIpc) is 2.77. The van der Waals surface area contributed by atoms with Crippen molar-refractivity contribution in [2.45, 2.75) is 131 Å². The summed E-state index contributed by atoms with van der Waals surface area (Å²) in [6.07, 6.45) is 5.92. The second-order valence-electron chi connectivity index (χ2n) is 8.60. The molecule has 0 spiro atoms. The SMILES string of the molecule is CCCC[C](=O)[Nb]([C](=O)CCCC)([C](=O)CCCC)([C](=O)CCCC)[C](=O)CCCC. The molecule has 0 atom stereocenters. The fourth-order valence-electron chi connectivity index (χ4n) is 4.15. The summed E-state index contributed by atoms with van der Waals surface area (Å²) in [6.45, 7) is 9.61. The molecule has 0 aromatic rings. The second-order valence-corrected chi connectivity index (χ2v) is 20.2. The normalized spacial score (nSPS) is 12.7. The summed E-state index contributed by atoms with van der Waals surface area (Å²) in [5, 5.41) is 0. The zero-order valence-electron chi connectivity index (χ0n) is 20.6. The predicted molar refractivity (Wildman–Crippen MR) is 123 cm³/mol. The minimum absolute atomic E-state index is 0.0103. The van der Waals surface area contributed by atoms with Gasteiger partial charge in [-0.25, -0.2) is 0 Å². The molecular formula is C25H45NbO5. The molecule has 0 saturated heterocycles. The summed E-state index contributed by atoms with van der Waals surface area (Å²) in [5.74, 6) is 0. The zero-order chi connectivity index (χ0) is 23.9. The van der Waals surface area contributed by atoms with Crippen molar-refractivity contribution in [2.75, 3.05) is 0 Å². The molecule has 180 valence electrons. The van der Waals surface area contributed by atoms with Gasteiger partial charge in [-0.1, -0.05) is 0 Å². The molecule has 6 heteroatoms. The van der Waals surface area contributed by atoms with E-state index in [0.717, 1.165) is 0 Å². The van der Waals surface area contributed by atoms with Gasteiger partial charge >= 0.3 is 191 Å². The molecule has 0 heterocycles. The third-order valence-electron chi connectivity index (χ3n) is 6.21. The summed E-state index contributed by atoms with van der Waals surface area (Å²) in [5.41, 5.74) is 0. The van der Waals surface area contributed by atoms with Crippen LogP contribution in [0.25, 0.3) is 0 Å². The van der Waals surface area contributed by atoms with E-state index in [1.807, 2.05) is 34.6 Å². The number of unbranched alkanes of at least 4 members (excludes halogenated alkanes) is 5. The number of hydrogen-bond acceptors (Lipinski definition) is 5. The van der Waals surface area contributed by atoms with E-state index < -0.39 is 35.8 Å². The molecule has 5 nitrogen and oxygen atoms in total. The van der Waals surface area contributed by atoms with Gasteiger partial charge in [0.1, 0.15) is 0 Å². The zero-order valence-corrected chi connectivity index (χ0v) is 22.8. The van der Waals surface area contributed by atoms with Gasteiger partial charge in [-0.15, -0.1) is 0 Å². The Morgan fingerprint density at radius 1 is 0.387 bits per heavy atom. The second kappa shape index (κ2) is 15.0. The first-order chi connectivity index (χ1) is 14.8. The number of carbonyl (C=O) groups excluding carboxylic acids is 5. The Bertz CT molecular complexity index is 504. The first-order valence-corrected chi connectivity index (χ1v) is 17.9. The third kappa shape index (κ3) is 6.11. The molecule has 0 aliphatic heterocycles. The molecule has 0 fully saturated rings. The van der Waals surface area contributed by atoms with E-state index in [-0.39, 0.29) is 32.1 Å². The van der Waals surface area contributed by atoms with Gasteiger partial charge in [-0.3, -0.25) is 0 Å². The molecule has 0 N–H and O–H groups in total. The fourth-order valence-corrected chi connectivity index (χ4v) is 18.4. The van der Waals surface area contributed by atoms with Crippen LogP contribution in [-0.4, -0.2) is 20.0 Å². The van der Waals surface area contributed by atoms with Gasteiger partial charge in [0, 0.05) is 0 Å². The summed E-state index contributed by atoms with van der Waals surface area (Å²) in [6, 6.07) is 0. The molecule has 0 bridgehead atoms. The van der Waals surface area contributed by atoms with Gasteiger partial charge in [0.15, 0.2) is 0 Å². The van der Waals surface area contributed by atoms with E-state index in [0.29, 0.717) is 64.2 Å². The van der Waals surface area contributed by atoms with Crippen LogP contribution in [0.4, 0.5) is 0 Å². The van der Waals surface area contributed by atoms with Crippen molar-refractivity contribution in [3.8, 4) is 0 Å². The van der Waals surface area contributed by atoms with Crippen molar-refractivity contribution in [1.29, 1.82) is 0 Å². The average molecular weight is 519 g/mol. The van der Waals surface area contributed by atoms with Crippen LogP contribution >= 0.6 is 0 Å². The Hall–Kier alpha value is -0.910. The van der Waals surface area contributed by atoms with Crippen molar-refractivity contribution in [2.24, 2.45) is 0 Å². The van der Waals surface area contributed by atoms with Crippen LogP contribution in [-0.2, 0) is 39.8 Å². The van der Waals surface area contributed by atoms with Crippen molar-refractivity contribution in [1.82, 2.24) is 0 Å². The van der Waals surface area contributed by atoms with Gasteiger partial charge in [0.25, 0.3) is 0 Å². The van der Waals surface area contributed by atoms with E-state index >= 15 is 0 Å². The van der Waals surface area contributed by atoms with Gasteiger partial charge in [0.05, 0.1) is 0 Å². The maximum absolute atomic E-state index is 14.0. The van der Waals surface area contributed by atoms with E-state index in [4.69, 9.17) is 0 Å². The number of rotatable bonds is 20. The van der Waals surface area contributed by atoms with Crippen LogP contribution in [0.1, 0.15) is 131 Å². The van der Waals surface area contributed by atoms with Crippen LogP contribution in [0, 0.1) is 0 Å². The van der Waals surface area contributed by atoms with Crippen molar-refractivity contribution in [3.63, 3.8) is 0 Å². The first kappa shape index (κ1) is 30.1. The number of hydrogen-bond donors (Lipinski definition) is 0. The Labute approximate surface area is 190 Å². The molecule has 0 amide bonds. The molecule has 31 heavy (non-hydrogen) atoms. The van der Waals surface area contributed by atoms with Crippen LogP contribution in [0.3, 0.4) is 0 Å². The van der Waals surface area contributed by atoms with Crippen LogP contribution in [0.2, 0.25) is 0 Å². The van der Waals surface area contributed by atoms with Crippen molar-refractivity contribution in [3.05, 3.63) is 0 Å². The van der Waals surface area contributed by atoms with Gasteiger partial charge < -0.3 is 0 Å². The predicted octanol–water partition coefficient (Wildman–Crippen LogP) is 6.26. The van der Waals surface area contributed by atoms with Crippen molar-refractivity contribution >= 4 is 20.0 Å². The Balaban J connectivity index is 7.17. The van der Waals surface area contributed by atoms with Crippen molar-refractivity contribution < 1.29 is 39.8 Å². The molecule has 0 aliphatic rings. The summed E-state index contributed by atoms with van der Waals surface area (Å²) in [4.78, 5) is 69.9. The quantitative estimate of drug-likeness (QED) is 0.178. The van der Waals surface area contributed by atoms with E-state index in [1.165, 1.54) is 0 Å². The summed E-state index contributed by atoms with van der Waals surface area (Å²) >= 11 is -6.41. The number of carbonyl (C=O) groups is 5. The Morgan fingerprint density at radius 2 is 0.548 bits per heavy atom. The molecule has 0 aromatic heterocycles. The fraction of sp³-hybridized carbons (Fsp3) is 0.800. The Kier molecular flexibility index (Phi) is 14.6. The van der Waals surface area contributed by atoms with Crippen LogP contribution in [0.15, 0.2) is 0 Å². The molecule has 0 saturated carbocycles. The van der Waals surface area contributed by atoms with Gasteiger partial charge in [0.2, 0.25) is 0 Å². The molecule has 0 unspecified atom stereocenters. The summed E-state index contributed by atoms with van der Waals surface area (Å²) in [7, 11) is 0. The Morgan fingerprint density at radius 3 is 0.677 bits per heavy atom. The molecule has 0 rings (SSSR count). The minimum atomic E-state index is -6.41. The van der Waals surface area contributed by atoms with Gasteiger partial charge in [-0.2, -0.15) is 0 Å². The third-order valence-corrected chi connectivity index (χ3v) is 21.2. The van der Waals surface area contributed by atoms with E-state index in [1.54, 1.807) is 0 Å². The van der Waals surface area contributed by atoms with Crippen LogP contribution in [0.5, 0.6) is 0 Å². The topological polar surface area (TPSA) is 85.3 Å². The molecule has 0 aromatic carbocycles. The molecule has 0 radical (unpaired) electrons. The van der Waals surface area contributed by atoms with Gasteiger partial charge in [-0.05, 0) is 0 Å². The standard InChI is InChI=1S/5C5H9O.Nb/c5*1-2-3-4-5-6;/h5*2-4H2,1H3;. The molecular weight excluding hydrogens is 473 g/mol. The monoisotopic (exact) mass is 518 g/mol. The first-order valence-electron chi connectivity index (χ1n) is 12.4. The maximum atomic E-state index is 14.0. The van der Waals surface area contributed by atoms with E-state index in [9.17, 15) is 24.0 Å². The van der Waals surface area contributed by atoms with E-state index in [2.05, 4.69) is 0 Å². The molecule has 0 aliphatic carbocycles.